The Morgan fingerprint density at radius 3 is 2.43 bits per heavy atom. The summed E-state index contributed by atoms with van der Waals surface area (Å²) in [5, 5.41) is 13.2. The van der Waals surface area contributed by atoms with Crippen LogP contribution in [0.3, 0.4) is 0 Å². The summed E-state index contributed by atoms with van der Waals surface area (Å²) in [6, 6.07) is 1.26. The van der Waals surface area contributed by atoms with E-state index in [0.717, 1.165) is 0 Å². The quantitative estimate of drug-likeness (QED) is 0.259. The van der Waals surface area contributed by atoms with Crippen LogP contribution in [-0.2, 0) is 25.2 Å². The molecule has 1 aliphatic carbocycles. The lowest BCUT2D eigenvalue weighted by Gasteiger charge is -2.35. The van der Waals surface area contributed by atoms with Gasteiger partial charge in [0.05, 0.1) is 24.1 Å². The molecule has 1 aliphatic rings. The maximum atomic E-state index is 13.5. The van der Waals surface area contributed by atoms with Crippen LogP contribution in [-0.4, -0.2) is 77.9 Å². The Bertz CT molecular complexity index is 974. The summed E-state index contributed by atoms with van der Waals surface area (Å²) in [4.78, 5) is 28.8. The van der Waals surface area contributed by atoms with Crippen LogP contribution in [0, 0.1) is 0 Å². The lowest BCUT2D eigenvalue weighted by Crippen LogP contribution is -2.60. The number of aromatic nitrogens is 1. The van der Waals surface area contributed by atoms with Crippen molar-refractivity contribution in [3.8, 4) is 0 Å². The van der Waals surface area contributed by atoms with Crippen LogP contribution >= 0.6 is 0 Å². The third-order valence-electron chi connectivity index (χ3n) is 5.20. The van der Waals surface area contributed by atoms with Gasteiger partial charge in [0.2, 0.25) is 5.91 Å². The van der Waals surface area contributed by atoms with E-state index in [1.807, 2.05) is 0 Å². The van der Waals surface area contributed by atoms with Crippen LogP contribution < -0.4 is 10.7 Å². The van der Waals surface area contributed by atoms with Crippen LogP contribution in [0.1, 0.15) is 38.2 Å². The topological polar surface area (TPSA) is 129 Å². The minimum Gasteiger partial charge on any atom is -0.381 e. The maximum absolute atomic E-state index is 13.5. The molecule has 0 radical (unpaired) electrons. The first kappa shape index (κ1) is 28.8. The Morgan fingerprint density at radius 2 is 1.91 bits per heavy atom. The van der Waals surface area contributed by atoms with E-state index in [-0.39, 0.29) is 12.5 Å². The first-order chi connectivity index (χ1) is 16.2. The largest absolute Gasteiger partial charge is 0.454 e. The molecule has 1 fully saturated rings. The highest BCUT2D eigenvalue weighted by Crippen LogP contribution is 2.34. The SMILES string of the molecule is CC[C@@H]([C@@H](O)C(=O)NC1CC1)N(NCC(F)(F)C(F)(F)F)C(=O)CCS(=O)(=O)Cc1cccnc1. The number of carbonyl (C=O) groups is 2. The van der Waals surface area contributed by atoms with Crippen molar-refractivity contribution in [2.75, 3.05) is 12.3 Å². The standard InChI is InChI=1S/C20H27F5N4O5S/c1-2-15(17(31)18(32)28-14-5-6-14)29(27-12-19(21,22)20(23,24)25)16(30)7-9-35(33,34)11-13-4-3-8-26-10-13/h3-4,8,10,14-15,17,27,31H,2,5-7,9,11-12H2,1H3,(H,28,32)/t15-,17+/m0/s1. The second kappa shape index (κ2) is 11.6. The predicted octanol–water partition coefficient (Wildman–Crippen LogP) is 1.34. The number of pyridine rings is 1. The minimum atomic E-state index is -5.93. The van der Waals surface area contributed by atoms with Gasteiger partial charge in [-0.25, -0.2) is 13.8 Å². The lowest BCUT2D eigenvalue weighted by molar-refractivity contribution is -0.282. The fraction of sp³-hybridized carbons (Fsp3) is 0.650. The Balaban J connectivity index is 2.16. The summed E-state index contributed by atoms with van der Waals surface area (Å²) in [5.74, 6) is -8.57. The number of sulfone groups is 1. The highest BCUT2D eigenvalue weighted by atomic mass is 32.2. The van der Waals surface area contributed by atoms with Gasteiger partial charge in [-0.3, -0.25) is 19.6 Å². The number of halogens is 5. The molecule has 0 bridgehead atoms. The second-order valence-corrected chi connectivity index (χ2v) is 10.4. The van der Waals surface area contributed by atoms with Crippen molar-refractivity contribution in [2.45, 2.75) is 68.6 Å². The Kier molecular flexibility index (Phi) is 9.53. The van der Waals surface area contributed by atoms with Crippen LogP contribution in [0.4, 0.5) is 22.0 Å². The van der Waals surface area contributed by atoms with Crippen LogP contribution in [0.5, 0.6) is 0 Å². The first-order valence-corrected chi connectivity index (χ1v) is 12.6. The number of hydrogen-bond donors (Lipinski definition) is 3. The fourth-order valence-corrected chi connectivity index (χ4v) is 4.39. The summed E-state index contributed by atoms with van der Waals surface area (Å²) in [6.45, 7) is -0.681. The number of aliphatic hydroxyl groups excluding tert-OH is 1. The van der Waals surface area contributed by atoms with Crippen molar-refractivity contribution < 1.29 is 45.1 Å². The molecular weight excluding hydrogens is 503 g/mol. The molecule has 35 heavy (non-hydrogen) atoms. The predicted molar refractivity (Wildman–Crippen MR) is 113 cm³/mol. The number of hydrogen-bond acceptors (Lipinski definition) is 7. The Labute approximate surface area is 199 Å². The zero-order valence-corrected chi connectivity index (χ0v) is 19.6. The van der Waals surface area contributed by atoms with Gasteiger partial charge in [-0.1, -0.05) is 13.0 Å². The zero-order valence-electron chi connectivity index (χ0n) is 18.8. The summed E-state index contributed by atoms with van der Waals surface area (Å²) < 4.78 is 89.7. The van der Waals surface area contributed by atoms with Gasteiger partial charge in [-0.2, -0.15) is 22.0 Å². The summed E-state index contributed by atoms with van der Waals surface area (Å²) in [6.07, 6.45) is -4.84. The molecule has 1 heterocycles. The Morgan fingerprint density at radius 1 is 1.26 bits per heavy atom. The van der Waals surface area contributed by atoms with Crippen molar-refractivity contribution in [1.29, 1.82) is 0 Å². The number of hydrazine groups is 1. The van der Waals surface area contributed by atoms with Gasteiger partial charge in [0.25, 0.3) is 5.91 Å². The number of alkyl halides is 5. The molecule has 15 heteroatoms. The third-order valence-corrected chi connectivity index (χ3v) is 6.80. The molecular formula is C20H27F5N4O5S. The van der Waals surface area contributed by atoms with E-state index in [2.05, 4.69) is 10.3 Å². The summed E-state index contributed by atoms with van der Waals surface area (Å²) >= 11 is 0. The van der Waals surface area contributed by atoms with Crippen molar-refractivity contribution >= 4 is 21.7 Å². The van der Waals surface area contributed by atoms with E-state index in [9.17, 15) is 45.1 Å². The molecule has 2 amide bonds. The third kappa shape index (κ3) is 8.65. The molecule has 0 aromatic carbocycles. The number of amides is 2. The number of rotatable bonds is 13. The highest BCUT2D eigenvalue weighted by Gasteiger charge is 2.57. The molecule has 0 unspecified atom stereocenters. The van der Waals surface area contributed by atoms with Gasteiger partial charge in [0, 0.05) is 24.9 Å². The first-order valence-electron chi connectivity index (χ1n) is 10.7. The second-order valence-electron chi connectivity index (χ2n) is 8.21. The monoisotopic (exact) mass is 530 g/mol. The molecule has 198 valence electrons. The number of nitrogens with one attached hydrogen (secondary N) is 2. The van der Waals surface area contributed by atoms with Gasteiger partial charge in [-0.05, 0) is 30.9 Å². The van der Waals surface area contributed by atoms with Gasteiger partial charge >= 0.3 is 12.1 Å². The van der Waals surface area contributed by atoms with Crippen LogP contribution in [0.15, 0.2) is 24.5 Å². The summed E-state index contributed by atoms with van der Waals surface area (Å²) in [5.41, 5.74) is 2.01. The minimum absolute atomic E-state index is 0.195. The number of nitrogens with zero attached hydrogens (tertiary/aromatic N) is 2. The normalized spacial score (nSPS) is 16.4. The van der Waals surface area contributed by atoms with Gasteiger partial charge in [0.15, 0.2) is 15.9 Å². The molecule has 1 aromatic heterocycles. The van der Waals surface area contributed by atoms with E-state index in [1.165, 1.54) is 31.5 Å². The van der Waals surface area contributed by atoms with E-state index < -0.39 is 70.4 Å². The summed E-state index contributed by atoms with van der Waals surface area (Å²) in [7, 11) is -3.89. The van der Waals surface area contributed by atoms with E-state index >= 15 is 0 Å². The maximum Gasteiger partial charge on any atom is 0.454 e. The number of carbonyl (C=O) groups excluding carboxylic acids is 2. The van der Waals surface area contributed by atoms with E-state index in [1.54, 1.807) is 5.43 Å². The lowest BCUT2D eigenvalue weighted by atomic mass is 10.1. The molecule has 3 N–H and O–H groups in total. The van der Waals surface area contributed by atoms with Crippen LogP contribution in [0.25, 0.3) is 0 Å². The van der Waals surface area contributed by atoms with Crippen molar-refractivity contribution in [2.24, 2.45) is 0 Å². The molecule has 2 atom stereocenters. The van der Waals surface area contributed by atoms with E-state index in [4.69, 9.17) is 0 Å². The fourth-order valence-electron chi connectivity index (χ4n) is 3.08. The molecule has 1 aromatic rings. The average Bonchev–Trinajstić information content (AvgIpc) is 3.58. The smallest absolute Gasteiger partial charge is 0.381 e. The van der Waals surface area contributed by atoms with Crippen molar-refractivity contribution in [3.05, 3.63) is 30.1 Å². The van der Waals surface area contributed by atoms with Crippen molar-refractivity contribution in [1.82, 2.24) is 20.7 Å². The van der Waals surface area contributed by atoms with E-state index in [0.29, 0.717) is 23.4 Å². The Hall–Kier alpha value is -2.39. The van der Waals surface area contributed by atoms with Crippen LogP contribution in [0.2, 0.25) is 0 Å². The van der Waals surface area contributed by atoms with Gasteiger partial charge in [0.1, 0.15) is 0 Å². The molecule has 0 spiro atoms. The molecule has 9 nitrogen and oxygen atoms in total. The molecule has 0 aliphatic heterocycles. The molecule has 2 rings (SSSR count). The highest BCUT2D eigenvalue weighted by molar-refractivity contribution is 7.90. The van der Waals surface area contributed by atoms with Gasteiger partial charge in [-0.15, -0.1) is 0 Å². The molecule has 0 saturated heterocycles. The zero-order chi connectivity index (χ0) is 26.4. The molecule has 1 saturated carbocycles. The van der Waals surface area contributed by atoms with Crippen molar-refractivity contribution in [3.63, 3.8) is 0 Å². The number of aliphatic hydroxyl groups is 1. The van der Waals surface area contributed by atoms with Gasteiger partial charge < -0.3 is 10.4 Å². The average molecular weight is 531 g/mol.